The Hall–Kier alpha value is -2.16. The van der Waals surface area contributed by atoms with Gasteiger partial charge in [0, 0.05) is 0 Å². The molecule has 0 amide bonds. The maximum absolute atomic E-state index is 10.0. The Labute approximate surface area is 112 Å². The summed E-state index contributed by atoms with van der Waals surface area (Å²) in [5, 5.41) is 29.6. The third-order valence-corrected chi connectivity index (χ3v) is 3.41. The van der Waals surface area contributed by atoms with Crippen molar-refractivity contribution in [2.24, 2.45) is 0 Å². The first-order valence-corrected chi connectivity index (χ1v) is 6.45. The van der Waals surface area contributed by atoms with Crippen LogP contribution in [0, 0.1) is 0 Å². The first-order chi connectivity index (χ1) is 9.10. The Morgan fingerprint density at radius 2 is 1.53 bits per heavy atom. The van der Waals surface area contributed by atoms with Gasteiger partial charge in [-0.05, 0) is 41.7 Å². The molecule has 0 saturated heterocycles. The highest BCUT2D eigenvalue weighted by Crippen LogP contribution is 2.44. The number of phenols is 3. The minimum Gasteiger partial charge on any atom is -0.507 e. The van der Waals surface area contributed by atoms with E-state index in [4.69, 9.17) is 0 Å². The van der Waals surface area contributed by atoms with Crippen molar-refractivity contribution in [2.75, 3.05) is 0 Å². The van der Waals surface area contributed by atoms with Crippen LogP contribution < -0.4 is 0 Å². The van der Waals surface area contributed by atoms with Gasteiger partial charge in [0.05, 0.1) is 5.56 Å². The average Bonchev–Trinajstić information content (AvgIpc) is 2.43. The Balaban J connectivity index is 2.76. The molecule has 0 aliphatic rings. The van der Waals surface area contributed by atoms with E-state index in [2.05, 4.69) is 6.92 Å². The summed E-state index contributed by atoms with van der Waals surface area (Å²) in [5.41, 5.74) is 3.34. The molecule has 3 nitrogen and oxygen atoms in total. The highest BCUT2D eigenvalue weighted by atomic mass is 16.3. The van der Waals surface area contributed by atoms with E-state index < -0.39 is 0 Å². The van der Waals surface area contributed by atoms with Crippen LogP contribution in [0.2, 0.25) is 0 Å². The Morgan fingerprint density at radius 1 is 0.842 bits per heavy atom. The molecule has 0 heterocycles. The first kappa shape index (κ1) is 13.3. The van der Waals surface area contributed by atoms with Gasteiger partial charge in [-0.3, -0.25) is 0 Å². The quantitative estimate of drug-likeness (QED) is 0.582. The van der Waals surface area contributed by atoms with Gasteiger partial charge >= 0.3 is 0 Å². The van der Waals surface area contributed by atoms with Crippen LogP contribution in [0.1, 0.15) is 25.0 Å². The molecule has 0 atom stereocenters. The molecule has 3 heteroatoms. The largest absolute Gasteiger partial charge is 0.507 e. The molecule has 2 aromatic carbocycles. The second-order valence-electron chi connectivity index (χ2n) is 4.48. The number of aromatic hydroxyl groups is 3. The van der Waals surface area contributed by atoms with Crippen LogP contribution in [0.15, 0.2) is 30.3 Å². The number of hydrogen-bond acceptors (Lipinski definition) is 3. The number of aryl methyl sites for hydroxylation is 1. The van der Waals surface area contributed by atoms with E-state index in [-0.39, 0.29) is 17.2 Å². The third kappa shape index (κ3) is 2.24. The molecule has 0 aliphatic carbocycles. The van der Waals surface area contributed by atoms with Gasteiger partial charge in [0.1, 0.15) is 5.75 Å². The van der Waals surface area contributed by atoms with Gasteiger partial charge in [-0.1, -0.05) is 32.0 Å². The fourth-order valence-electron chi connectivity index (χ4n) is 2.45. The lowest BCUT2D eigenvalue weighted by atomic mass is 9.91. The monoisotopic (exact) mass is 258 g/mol. The van der Waals surface area contributed by atoms with Gasteiger partial charge in [0.25, 0.3) is 0 Å². The summed E-state index contributed by atoms with van der Waals surface area (Å²) < 4.78 is 0. The van der Waals surface area contributed by atoms with Gasteiger partial charge < -0.3 is 15.3 Å². The lowest BCUT2D eigenvalue weighted by molar-refractivity contribution is 0.398. The maximum Gasteiger partial charge on any atom is 0.169 e. The maximum atomic E-state index is 10.0. The predicted molar refractivity (Wildman–Crippen MR) is 75.6 cm³/mol. The van der Waals surface area contributed by atoms with Crippen molar-refractivity contribution in [3.8, 4) is 28.4 Å². The van der Waals surface area contributed by atoms with Crippen molar-refractivity contribution >= 4 is 0 Å². The molecule has 0 spiro atoms. The van der Waals surface area contributed by atoms with Crippen LogP contribution in [0.4, 0.5) is 0 Å². The number of benzene rings is 2. The lowest BCUT2D eigenvalue weighted by Crippen LogP contribution is -1.95. The zero-order chi connectivity index (χ0) is 14.0. The van der Waals surface area contributed by atoms with Gasteiger partial charge in [0.15, 0.2) is 11.5 Å². The van der Waals surface area contributed by atoms with Gasteiger partial charge in [0.2, 0.25) is 0 Å². The first-order valence-electron chi connectivity index (χ1n) is 6.45. The van der Waals surface area contributed by atoms with E-state index in [0.29, 0.717) is 5.56 Å². The summed E-state index contributed by atoms with van der Waals surface area (Å²) in [6.45, 7) is 4.11. The van der Waals surface area contributed by atoms with Gasteiger partial charge in [-0.25, -0.2) is 0 Å². The molecule has 0 aromatic heterocycles. The summed E-state index contributed by atoms with van der Waals surface area (Å²) in [6.07, 6.45) is 1.69. The van der Waals surface area contributed by atoms with Crippen LogP contribution in [-0.2, 0) is 12.8 Å². The fraction of sp³-hybridized carbons (Fsp3) is 0.250. The number of phenolic OH excluding ortho intramolecular Hbond substituents is 3. The van der Waals surface area contributed by atoms with Crippen molar-refractivity contribution in [2.45, 2.75) is 26.7 Å². The van der Waals surface area contributed by atoms with Crippen molar-refractivity contribution in [1.29, 1.82) is 0 Å². The van der Waals surface area contributed by atoms with Gasteiger partial charge in [-0.2, -0.15) is 0 Å². The summed E-state index contributed by atoms with van der Waals surface area (Å²) in [6, 6.07) is 8.47. The van der Waals surface area contributed by atoms with E-state index in [1.807, 2.05) is 25.1 Å². The Morgan fingerprint density at radius 3 is 2.16 bits per heavy atom. The smallest absolute Gasteiger partial charge is 0.169 e. The van der Waals surface area contributed by atoms with E-state index in [9.17, 15) is 15.3 Å². The Bertz CT molecular complexity index is 603. The summed E-state index contributed by atoms with van der Waals surface area (Å²) >= 11 is 0. The molecule has 0 saturated carbocycles. The minimum atomic E-state index is -0.275. The molecular formula is C16H18O3. The molecule has 2 aromatic rings. The molecule has 0 aliphatic heterocycles. The van der Waals surface area contributed by atoms with Crippen LogP contribution in [-0.4, -0.2) is 15.3 Å². The molecule has 2 rings (SSSR count). The summed E-state index contributed by atoms with van der Waals surface area (Å²) in [7, 11) is 0. The summed E-state index contributed by atoms with van der Waals surface area (Å²) in [5.74, 6) is -0.530. The molecule has 0 unspecified atom stereocenters. The topological polar surface area (TPSA) is 60.7 Å². The second-order valence-corrected chi connectivity index (χ2v) is 4.48. The van der Waals surface area contributed by atoms with Crippen LogP contribution in [0.3, 0.4) is 0 Å². The van der Waals surface area contributed by atoms with E-state index in [0.717, 1.165) is 24.0 Å². The van der Waals surface area contributed by atoms with Crippen molar-refractivity contribution in [1.82, 2.24) is 0 Å². The molecule has 0 bridgehead atoms. The van der Waals surface area contributed by atoms with Crippen molar-refractivity contribution in [3.63, 3.8) is 0 Å². The average molecular weight is 258 g/mol. The van der Waals surface area contributed by atoms with Crippen LogP contribution in [0.25, 0.3) is 11.1 Å². The summed E-state index contributed by atoms with van der Waals surface area (Å²) in [4.78, 5) is 0. The predicted octanol–water partition coefficient (Wildman–Crippen LogP) is 3.60. The Kier molecular flexibility index (Phi) is 3.65. The van der Waals surface area contributed by atoms with Gasteiger partial charge in [-0.15, -0.1) is 0 Å². The fourth-order valence-corrected chi connectivity index (χ4v) is 2.45. The number of rotatable bonds is 3. The molecule has 0 radical (unpaired) electrons. The molecule has 100 valence electrons. The standard InChI is InChI=1S/C16H18O3/c1-3-10-6-5-7-12(11(10)4-2)15-13(17)8-9-14(18)16(15)19/h5-9,17-19H,3-4H2,1-2H3. The zero-order valence-electron chi connectivity index (χ0n) is 11.1. The molecule has 19 heavy (non-hydrogen) atoms. The normalized spacial score (nSPS) is 10.6. The van der Waals surface area contributed by atoms with Crippen molar-refractivity contribution in [3.05, 3.63) is 41.5 Å². The van der Waals surface area contributed by atoms with Crippen LogP contribution >= 0.6 is 0 Å². The molecular weight excluding hydrogens is 240 g/mol. The van der Waals surface area contributed by atoms with Crippen LogP contribution in [0.5, 0.6) is 17.2 Å². The third-order valence-electron chi connectivity index (χ3n) is 3.41. The zero-order valence-corrected chi connectivity index (χ0v) is 11.1. The molecule has 0 fully saturated rings. The van der Waals surface area contributed by atoms with E-state index >= 15 is 0 Å². The van der Waals surface area contributed by atoms with Crippen molar-refractivity contribution < 1.29 is 15.3 Å². The SMILES string of the molecule is CCc1cccc(-c2c(O)ccc(O)c2O)c1CC. The molecule has 3 N–H and O–H groups in total. The van der Waals surface area contributed by atoms with E-state index in [1.165, 1.54) is 17.7 Å². The van der Waals surface area contributed by atoms with E-state index in [1.54, 1.807) is 0 Å². The number of hydrogen-bond donors (Lipinski definition) is 3. The lowest BCUT2D eigenvalue weighted by Gasteiger charge is -2.15. The highest BCUT2D eigenvalue weighted by Gasteiger charge is 2.17. The highest BCUT2D eigenvalue weighted by molar-refractivity contribution is 5.81. The minimum absolute atomic E-state index is 0.0294. The second kappa shape index (κ2) is 5.22.